The Morgan fingerprint density at radius 2 is 2.07 bits per heavy atom. The number of carbonyl (C=O) groups is 1. The van der Waals surface area contributed by atoms with Crippen LogP contribution < -0.4 is 11.1 Å². The summed E-state index contributed by atoms with van der Waals surface area (Å²) in [7, 11) is 0. The van der Waals surface area contributed by atoms with Crippen molar-refractivity contribution in [2.24, 2.45) is 0 Å². The Kier molecular flexibility index (Phi) is 5.14. The van der Waals surface area contributed by atoms with E-state index < -0.39 is 30.1 Å². The number of nitrogens with zero attached hydrogens (tertiary/aromatic N) is 3. The van der Waals surface area contributed by atoms with E-state index in [-0.39, 0.29) is 35.9 Å². The molecule has 0 radical (unpaired) electrons. The second-order valence-electron chi connectivity index (χ2n) is 6.26. The van der Waals surface area contributed by atoms with E-state index in [0.29, 0.717) is 5.02 Å². The highest BCUT2D eigenvalue weighted by Crippen LogP contribution is 2.36. The van der Waals surface area contributed by atoms with Gasteiger partial charge in [-0.1, -0.05) is 11.6 Å². The van der Waals surface area contributed by atoms with Crippen LogP contribution in [-0.2, 0) is 0 Å². The van der Waals surface area contributed by atoms with Gasteiger partial charge in [0.05, 0.1) is 28.7 Å². The fourth-order valence-electron chi connectivity index (χ4n) is 2.96. The molecule has 1 aromatic heterocycles. The Morgan fingerprint density at radius 3 is 2.74 bits per heavy atom. The maximum absolute atomic E-state index is 14.4. The summed E-state index contributed by atoms with van der Waals surface area (Å²) in [6.07, 6.45) is 2.18. The van der Waals surface area contributed by atoms with E-state index in [1.807, 2.05) is 0 Å². The van der Waals surface area contributed by atoms with Crippen molar-refractivity contribution in [1.29, 1.82) is 0 Å². The Labute approximate surface area is 158 Å². The molecule has 6 nitrogen and oxygen atoms in total. The van der Waals surface area contributed by atoms with Crippen LogP contribution in [0, 0.1) is 12.7 Å². The molecule has 3 rings (SSSR count). The van der Waals surface area contributed by atoms with Gasteiger partial charge in [-0.3, -0.25) is 4.79 Å². The number of halogens is 4. The van der Waals surface area contributed by atoms with Gasteiger partial charge in [-0.05, 0) is 19.1 Å². The smallest absolute Gasteiger partial charge is 0.271 e. The molecule has 27 heavy (non-hydrogen) atoms. The Bertz CT molecular complexity index is 862. The number of nitrogens with two attached hydrogens (primary N) is 1. The third-order valence-corrected chi connectivity index (χ3v) is 4.76. The molecule has 1 fully saturated rings. The molecule has 1 unspecified atom stereocenters. The first-order valence-electron chi connectivity index (χ1n) is 8.15. The molecule has 1 atom stereocenters. The number of aromatic nitrogens is 2. The predicted octanol–water partition coefficient (Wildman–Crippen LogP) is 3.12. The molecule has 0 spiro atoms. The van der Waals surface area contributed by atoms with Crippen molar-refractivity contribution in [2.75, 3.05) is 24.1 Å². The monoisotopic (exact) mass is 399 g/mol. The minimum absolute atomic E-state index is 0.000608. The van der Waals surface area contributed by atoms with Crippen LogP contribution in [0.25, 0.3) is 0 Å². The number of alkyl halides is 2. The first-order chi connectivity index (χ1) is 12.7. The number of amides is 1. The van der Waals surface area contributed by atoms with Gasteiger partial charge in [0.25, 0.3) is 11.8 Å². The minimum atomic E-state index is -3.10. The number of hydrogen-bond donors (Lipinski definition) is 2. The summed E-state index contributed by atoms with van der Waals surface area (Å²) in [4.78, 5) is 21.6. The lowest BCUT2D eigenvalue weighted by molar-refractivity contribution is -0.0248. The summed E-state index contributed by atoms with van der Waals surface area (Å²) in [5, 5.41) is 3.01. The summed E-state index contributed by atoms with van der Waals surface area (Å²) in [5.74, 6) is -4.21. The Hall–Kier alpha value is -2.55. The van der Waals surface area contributed by atoms with Gasteiger partial charge in [0.15, 0.2) is 0 Å². The number of nitrogen functional groups attached to an aromatic ring is 1. The first kappa shape index (κ1) is 19.2. The quantitative estimate of drug-likeness (QED) is 0.772. The summed E-state index contributed by atoms with van der Waals surface area (Å²) in [6, 6.07) is 0.889. The Balaban J connectivity index is 1.82. The van der Waals surface area contributed by atoms with E-state index in [1.54, 1.807) is 0 Å². The highest BCUT2D eigenvalue weighted by Gasteiger charge is 2.50. The van der Waals surface area contributed by atoms with Crippen LogP contribution in [0.4, 0.5) is 24.8 Å². The van der Waals surface area contributed by atoms with Crippen molar-refractivity contribution in [3.8, 4) is 0 Å². The molecule has 0 saturated carbocycles. The van der Waals surface area contributed by atoms with Crippen molar-refractivity contribution < 1.29 is 18.0 Å². The van der Waals surface area contributed by atoms with Crippen LogP contribution in [0.1, 0.15) is 22.3 Å². The summed E-state index contributed by atoms with van der Waals surface area (Å²) in [6.45, 7) is 1.02. The molecule has 2 aromatic rings. The first-order valence-corrected chi connectivity index (χ1v) is 8.53. The highest BCUT2D eigenvalue weighted by molar-refractivity contribution is 6.30. The average molecular weight is 400 g/mol. The van der Waals surface area contributed by atoms with Gasteiger partial charge in [-0.2, -0.15) is 0 Å². The van der Waals surface area contributed by atoms with Crippen LogP contribution in [0.2, 0.25) is 5.02 Å². The van der Waals surface area contributed by atoms with Crippen LogP contribution in [0.5, 0.6) is 0 Å². The van der Waals surface area contributed by atoms with Gasteiger partial charge in [-0.25, -0.2) is 23.1 Å². The van der Waals surface area contributed by atoms with Crippen LogP contribution in [0.15, 0.2) is 24.5 Å². The van der Waals surface area contributed by atoms with Gasteiger partial charge < -0.3 is 16.0 Å². The van der Waals surface area contributed by atoms with Crippen LogP contribution in [-0.4, -0.2) is 45.8 Å². The zero-order valence-corrected chi connectivity index (χ0v) is 15.1. The average Bonchev–Trinajstić information content (AvgIpc) is 2.93. The van der Waals surface area contributed by atoms with Crippen molar-refractivity contribution >= 4 is 29.1 Å². The fourth-order valence-corrected chi connectivity index (χ4v) is 3.05. The number of hydrogen-bond acceptors (Lipinski definition) is 5. The number of nitrogens with one attached hydrogen (secondary N) is 1. The maximum atomic E-state index is 14.4. The Morgan fingerprint density at radius 1 is 1.41 bits per heavy atom. The normalized spacial score (nSPS) is 18.6. The van der Waals surface area contributed by atoms with Gasteiger partial charge in [0.2, 0.25) is 5.95 Å². The van der Waals surface area contributed by atoms with Crippen molar-refractivity contribution in [3.63, 3.8) is 0 Å². The molecule has 2 heterocycles. The lowest BCUT2D eigenvalue weighted by Gasteiger charge is -2.28. The van der Waals surface area contributed by atoms with E-state index in [0.717, 1.165) is 11.0 Å². The van der Waals surface area contributed by atoms with E-state index in [4.69, 9.17) is 17.3 Å². The number of benzene rings is 1. The molecular weight excluding hydrogens is 383 g/mol. The molecular formula is C17H17ClF3N5O. The van der Waals surface area contributed by atoms with E-state index in [1.165, 1.54) is 25.4 Å². The second kappa shape index (κ2) is 7.22. The van der Waals surface area contributed by atoms with Crippen LogP contribution in [0.3, 0.4) is 0 Å². The fraction of sp³-hybridized carbons (Fsp3) is 0.353. The zero-order chi connectivity index (χ0) is 19.8. The molecule has 1 aromatic carbocycles. The molecule has 1 amide bonds. The minimum Gasteiger partial charge on any atom is -0.398 e. The van der Waals surface area contributed by atoms with E-state index in [9.17, 15) is 18.0 Å². The number of anilines is 2. The van der Waals surface area contributed by atoms with Gasteiger partial charge >= 0.3 is 0 Å². The molecule has 144 valence electrons. The standard InChI is InChI=1S/C17H17ClF3N5O/c1-9-12(19)3-2-11(14(9)22)15(27)26-5-4-17(20,21)13(26)8-25-16-23-6-10(18)7-24-16/h2-3,6-7,13H,4-5,8,22H2,1H3,(H,23,24,25). The molecule has 1 saturated heterocycles. The largest absolute Gasteiger partial charge is 0.398 e. The summed E-state index contributed by atoms with van der Waals surface area (Å²) < 4.78 is 42.3. The molecule has 1 aliphatic heterocycles. The van der Waals surface area contributed by atoms with Gasteiger partial charge in [0.1, 0.15) is 11.9 Å². The summed E-state index contributed by atoms with van der Waals surface area (Å²) in [5.41, 5.74) is 5.88. The highest BCUT2D eigenvalue weighted by atomic mass is 35.5. The molecule has 3 N–H and O–H groups in total. The number of rotatable bonds is 4. The lowest BCUT2D eigenvalue weighted by Crippen LogP contribution is -2.47. The van der Waals surface area contributed by atoms with Crippen molar-refractivity contribution in [1.82, 2.24) is 14.9 Å². The van der Waals surface area contributed by atoms with E-state index in [2.05, 4.69) is 15.3 Å². The van der Waals surface area contributed by atoms with E-state index >= 15 is 0 Å². The third-order valence-electron chi connectivity index (χ3n) is 4.56. The molecule has 1 aliphatic rings. The van der Waals surface area contributed by atoms with Gasteiger partial charge in [0, 0.05) is 25.1 Å². The number of likely N-dealkylation sites (tertiary alicyclic amines) is 1. The zero-order valence-electron chi connectivity index (χ0n) is 14.3. The van der Waals surface area contributed by atoms with Crippen molar-refractivity contribution in [2.45, 2.75) is 25.3 Å². The molecule has 0 bridgehead atoms. The third kappa shape index (κ3) is 3.78. The van der Waals surface area contributed by atoms with Crippen molar-refractivity contribution in [3.05, 3.63) is 46.5 Å². The number of carbonyl (C=O) groups excluding carboxylic acids is 1. The lowest BCUT2D eigenvalue weighted by atomic mass is 10.1. The van der Waals surface area contributed by atoms with Crippen LogP contribution >= 0.6 is 11.6 Å². The summed E-state index contributed by atoms with van der Waals surface area (Å²) >= 11 is 5.69. The molecule has 0 aliphatic carbocycles. The molecule has 10 heteroatoms. The van der Waals surface area contributed by atoms with Gasteiger partial charge in [-0.15, -0.1) is 0 Å². The SMILES string of the molecule is Cc1c(F)ccc(C(=O)N2CCC(F)(F)C2CNc2ncc(Cl)cn2)c1N. The predicted molar refractivity (Wildman–Crippen MR) is 95.5 cm³/mol. The topological polar surface area (TPSA) is 84.1 Å². The maximum Gasteiger partial charge on any atom is 0.271 e. The second-order valence-corrected chi connectivity index (χ2v) is 6.70.